The minimum atomic E-state index is 0.899. The van der Waals surface area contributed by atoms with Gasteiger partial charge in [-0.25, -0.2) is 0 Å². The van der Waals surface area contributed by atoms with E-state index in [1.807, 2.05) is 40.1 Å². The van der Waals surface area contributed by atoms with E-state index < -0.39 is 0 Å². The maximum absolute atomic E-state index is 6.71. The minimum Gasteiger partial charge on any atom is -0.454 e. The molecule has 2 nitrogen and oxygen atoms in total. The fourth-order valence-corrected chi connectivity index (χ4v) is 11.2. The molecule has 0 bridgehead atoms. The number of benzene rings is 7. The molecule has 220 valence electrons. The van der Waals surface area contributed by atoms with Gasteiger partial charge in [0.15, 0.2) is 5.58 Å². The molecule has 47 heavy (non-hydrogen) atoms. The molecule has 0 spiro atoms. The molecule has 0 unspecified atom stereocenters. The first-order valence-corrected chi connectivity index (χ1v) is 18.1. The zero-order valence-electron chi connectivity index (χ0n) is 24.9. The van der Waals surface area contributed by atoms with Crippen molar-refractivity contribution in [1.82, 2.24) is 0 Å². The highest BCUT2D eigenvalue weighted by molar-refractivity contribution is 7.30. The number of para-hydroxylation sites is 2. The summed E-state index contributed by atoms with van der Waals surface area (Å²) >= 11 is 5.66. The molecule has 11 aromatic rings. The third kappa shape index (κ3) is 3.59. The van der Waals surface area contributed by atoms with Crippen LogP contribution in [0.15, 0.2) is 144 Å². The fourth-order valence-electron chi connectivity index (χ4n) is 7.43. The molecule has 7 aromatic carbocycles. The largest absolute Gasteiger partial charge is 0.454 e. The summed E-state index contributed by atoms with van der Waals surface area (Å²) in [6.45, 7) is 0. The number of anilines is 3. The molecule has 0 saturated heterocycles. The van der Waals surface area contributed by atoms with E-state index in [0.717, 1.165) is 39.0 Å². The molecule has 0 aliphatic carbocycles. The molecular formula is C42H23NOS3. The van der Waals surface area contributed by atoms with Gasteiger partial charge in [-0.2, -0.15) is 0 Å². The number of rotatable bonds is 3. The predicted octanol–water partition coefficient (Wildman–Crippen LogP) is 14.2. The molecule has 5 heteroatoms. The van der Waals surface area contributed by atoms with Gasteiger partial charge in [0.1, 0.15) is 5.58 Å². The monoisotopic (exact) mass is 653 g/mol. The van der Waals surface area contributed by atoms with Gasteiger partial charge in [0, 0.05) is 61.9 Å². The van der Waals surface area contributed by atoms with E-state index in [1.165, 1.54) is 60.5 Å². The Hall–Kier alpha value is -5.20. The Morgan fingerprint density at radius 1 is 0.362 bits per heavy atom. The van der Waals surface area contributed by atoms with Gasteiger partial charge in [-0.1, -0.05) is 97.1 Å². The van der Waals surface area contributed by atoms with Crippen molar-refractivity contribution in [3.63, 3.8) is 0 Å². The second-order valence-corrected chi connectivity index (χ2v) is 15.2. The Morgan fingerprint density at radius 2 is 0.936 bits per heavy atom. The van der Waals surface area contributed by atoms with Crippen LogP contribution >= 0.6 is 34.0 Å². The highest BCUT2D eigenvalue weighted by Crippen LogP contribution is 2.52. The topological polar surface area (TPSA) is 16.4 Å². The van der Waals surface area contributed by atoms with Gasteiger partial charge in [0.2, 0.25) is 0 Å². The van der Waals surface area contributed by atoms with Crippen LogP contribution in [0, 0.1) is 0 Å². The van der Waals surface area contributed by atoms with Crippen molar-refractivity contribution in [2.45, 2.75) is 0 Å². The van der Waals surface area contributed by atoms with E-state index in [9.17, 15) is 0 Å². The van der Waals surface area contributed by atoms with Crippen LogP contribution < -0.4 is 4.90 Å². The molecular weight excluding hydrogens is 631 g/mol. The average molecular weight is 654 g/mol. The van der Waals surface area contributed by atoms with Gasteiger partial charge < -0.3 is 9.32 Å². The van der Waals surface area contributed by atoms with Crippen LogP contribution in [0.2, 0.25) is 0 Å². The quantitative estimate of drug-likeness (QED) is 0.189. The lowest BCUT2D eigenvalue weighted by Crippen LogP contribution is -2.10. The first-order chi connectivity index (χ1) is 23.3. The first-order valence-electron chi connectivity index (χ1n) is 15.7. The molecule has 4 aromatic heterocycles. The van der Waals surface area contributed by atoms with Gasteiger partial charge in [0.25, 0.3) is 0 Å². The molecule has 0 fully saturated rings. The molecule has 11 rings (SSSR count). The van der Waals surface area contributed by atoms with Gasteiger partial charge in [-0.15, -0.1) is 34.0 Å². The molecule has 4 heterocycles. The van der Waals surface area contributed by atoms with Gasteiger partial charge >= 0.3 is 0 Å². The van der Waals surface area contributed by atoms with Crippen LogP contribution in [0.5, 0.6) is 0 Å². The van der Waals surface area contributed by atoms with Crippen LogP contribution in [0.25, 0.3) is 82.5 Å². The minimum absolute atomic E-state index is 0.899. The molecule has 0 radical (unpaired) electrons. The summed E-state index contributed by atoms with van der Waals surface area (Å²) in [6, 6.07) is 50.7. The summed E-state index contributed by atoms with van der Waals surface area (Å²) in [4.78, 5) is 2.46. The van der Waals surface area contributed by atoms with E-state index in [-0.39, 0.29) is 0 Å². The van der Waals surface area contributed by atoms with Crippen molar-refractivity contribution in [2.24, 2.45) is 0 Å². The van der Waals surface area contributed by atoms with Crippen LogP contribution in [0.3, 0.4) is 0 Å². The smallest absolute Gasteiger partial charge is 0.159 e. The van der Waals surface area contributed by atoms with Crippen molar-refractivity contribution in [3.05, 3.63) is 140 Å². The highest BCUT2D eigenvalue weighted by atomic mass is 32.1. The van der Waals surface area contributed by atoms with Crippen LogP contribution in [0.4, 0.5) is 17.1 Å². The Morgan fingerprint density at radius 3 is 1.74 bits per heavy atom. The van der Waals surface area contributed by atoms with Crippen molar-refractivity contribution >= 4 is 134 Å². The standard InChI is InChI=1S/C42H23NOS3/c1-4-19-34-24(10-1)26-13-7-16-31(39(26)44-34)43(32-17-8-14-27-25-11-2-5-20-35(25)46-40(27)32)33-18-9-15-28-29-22-23-37-38(42(29)47-41(28)33)30-12-3-6-21-36(30)45-37/h1-23H. The number of hydrogen-bond donors (Lipinski definition) is 0. The maximum atomic E-state index is 6.71. The third-order valence-electron chi connectivity index (χ3n) is 9.47. The zero-order chi connectivity index (χ0) is 30.6. The third-order valence-corrected chi connectivity index (χ3v) is 13.1. The lowest BCUT2D eigenvalue weighted by atomic mass is 10.1. The molecule has 0 aliphatic rings. The lowest BCUT2D eigenvalue weighted by Gasteiger charge is -2.26. The number of furan rings is 1. The second kappa shape index (κ2) is 9.66. The number of hydrogen-bond acceptors (Lipinski definition) is 5. The van der Waals surface area contributed by atoms with E-state index in [0.29, 0.717) is 0 Å². The van der Waals surface area contributed by atoms with E-state index >= 15 is 0 Å². The van der Waals surface area contributed by atoms with Gasteiger partial charge in [-0.3, -0.25) is 0 Å². The Balaban J connectivity index is 1.28. The summed E-state index contributed by atoms with van der Waals surface area (Å²) in [5.74, 6) is 0. The predicted molar refractivity (Wildman–Crippen MR) is 207 cm³/mol. The number of thiophene rings is 3. The Bertz CT molecular complexity index is 2930. The molecule has 0 aliphatic heterocycles. The summed E-state index contributed by atoms with van der Waals surface area (Å²) in [7, 11) is 0. The Labute approximate surface area is 280 Å². The van der Waals surface area contributed by atoms with Crippen molar-refractivity contribution in [3.8, 4) is 0 Å². The molecule has 0 saturated carbocycles. The van der Waals surface area contributed by atoms with E-state index in [1.54, 1.807) is 0 Å². The molecule has 0 amide bonds. The number of fused-ring (bicyclic) bond motifs is 13. The fraction of sp³-hybridized carbons (Fsp3) is 0. The highest BCUT2D eigenvalue weighted by Gasteiger charge is 2.25. The van der Waals surface area contributed by atoms with Crippen molar-refractivity contribution < 1.29 is 4.42 Å². The molecule has 0 N–H and O–H groups in total. The summed E-state index contributed by atoms with van der Waals surface area (Å²) in [5, 5.41) is 10.1. The Kier molecular flexibility index (Phi) is 5.33. The first kappa shape index (κ1) is 25.9. The van der Waals surface area contributed by atoms with E-state index in [2.05, 4.69) is 138 Å². The van der Waals surface area contributed by atoms with Crippen molar-refractivity contribution in [1.29, 1.82) is 0 Å². The average Bonchev–Trinajstić information content (AvgIpc) is 3.88. The van der Waals surface area contributed by atoms with Gasteiger partial charge in [0.05, 0.1) is 26.5 Å². The maximum Gasteiger partial charge on any atom is 0.159 e. The molecule has 0 atom stereocenters. The summed E-state index contributed by atoms with van der Waals surface area (Å²) in [6.07, 6.45) is 0. The van der Waals surface area contributed by atoms with Gasteiger partial charge in [-0.05, 0) is 42.5 Å². The summed E-state index contributed by atoms with van der Waals surface area (Å²) < 4.78 is 14.6. The lowest BCUT2D eigenvalue weighted by molar-refractivity contribution is 0.669. The zero-order valence-corrected chi connectivity index (χ0v) is 27.3. The van der Waals surface area contributed by atoms with E-state index in [4.69, 9.17) is 4.42 Å². The summed E-state index contributed by atoms with van der Waals surface area (Å²) in [5.41, 5.74) is 5.17. The van der Waals surface area contributed by atoms with Crippen LogP contribution in [-0.4, -0.2) is 0 Å². The SMILES string of the molecule is c1ccc2c(c1)oc1c(N(c3cccc4c3sc3ccccc34)c3cccc4c3sc3c4ccc4sc5ccccc5c43)cccc12. The van der Waals surface area contributed by atoms with Crippen LogP contribution in [0.1, 0.15) is 0 Å². The van der Waals surface area contributed by atoms with Crippen LogP contribution in [-0.2, 0) is 0 Å². The number of nitrogens with zero attached hydrogens (tertiary/aromatic N) is 1. The normalized spacial score (nSPS) is 12.3. The van der Waals surface area contributed by atoms with Crippen molar-refractivity contribution in [2.75, 3.05) is 4.90 Å². The second-order valence-electron chi connectivity index (χ2n) is 12.0.